The third-order valence-corrected chi connectivity index (χ3v) is 4.24. The Hall–Kier alpha value is -2.00. The molecule has 2 aromatic carbocycles. The lowest BCUT2D eigenvalue weighted by molar-refractivity contribution is 0.0853. The summed E-state index contributed by atoms with van der Waals surface area (Å²) in [4.78, 5) is 0. The van der Waals surface area contributed by atoms with Crippen molar-refractivity contribution in [1.82, 2.24) is 0 Å². The van der Waals surface area contributed by atoms with Crippen LogP contribution < -0.4 is 10.1 Å². The van der Waals surface area contributed by atoms with Gasteiger partial charge in [0.15, 0.2) is 0 Å². The molecule has 0 radical (unpaired) electrons. The first kappa shape index (κ1) is 14.9. The van der Waals surface area contributed by atoms with Crippen molar-refractivity contribution >= 4 is 5.69 Å². The van der Waals surface area contributed by atoms with Gasteiger partial charge in [0.1, 0.15) is 5.75 Å². The van der Waals surface area contributed by atoms with Crippen molar-refractivity contribution in [2.24, 2.45) is 0 Å². The fourth-order valence-corrected chi connectivity index (χ4v) is 2.94. The standard InChI is InChI=1S/C19H23NO2/c1-21-19-8-7-17(16-9-11-22-12-10-16)13-18(19)20-14-15-5-3-2-4-6-15/h2-8,13,16,20H,9-12,14H2,1H3. The predicted molar refractivity (Wildman–Crippen MR) is 89.6 cm³/mol. The number of methoxy groups -OCH3 is 1. The Morgan fingerprint density at radius 2 is 1.86 bits per heavy atom. The van der Waals surface area contributed by atoms with Crippen LogP contribution in [0, 0.1) is 0 Å². The molecule has 0 bridgehead atoms. The first-order valence-electron chi connectivity index (χ1n) is 7.90. The van der Waals surface area contributed by atoms with Crippen LogP contribution in [0.3, 0.4) is 0 Å². The van der Waals surface area contributed by atoms with Crippen molar-refractivity contribution in [3.05, 3.63) is 59.7 Å². The molecule has 0 unspecified atom stereocenters. The molecule has 3 heteroatoms. The molecule has 22 heavy (non-hydrogen) atoms. The summed E-state index contributed by atoms with van der Waals surface area (Å²) in [6.07, 6.45) is 2.20. The summed E-state index contributed by atoms with van der Waals surface area (Å²) in [6.45, 7) is 2.53. The van der Waals surface area contributed by atoms with Crippen LogP contribution in [-0.4, -0.2) is 20.3 Å². The number of rotatable bonds is 5. The van der Waals surface area contributed by atoms with Gasteiger partial charge < -0.3 is 14.8 Å². The van der Waals surface area contributed by atoms with E-state index in [1.54, 1.807) is 7.11 Å². The lowest BCUT2D eigenvalue weighted by Gasteiger charge is -2.23. The highest BCUT2D eigenvalue weighted by Crippen LogP contribution is 2.33. The Morgan fingerprint density at radius 1 is 1.09 bits per heavy atom. The van der Waals surface area contributed by atoms with E-state index in [4.69, 9.17) is 9.47 Å². The summed E-state index contributed by atoms with van der Waals surface area (Å²) in [5.41, 5.74) is 3.70. The van der Waals surface area contributed by atoms with Gasteiger partial charge in [0, 0.05) is 19.8 Å². The van der Waals surface area contributed by atoms with E-state index in [1.165, 1.54) is 11.1 Å². The Kier molecular flexibility index (Phi) is 4.96. The van der Waals surface area contributed by atoms with Gasteiger partial charge in [0.2, 0.25) is 0 Å². The van der Waals surface area contributed by atoms with Gasteiger partial charge >= 0.3 is 0 Å². The van der Waals surface area contributed by atoms with Gasteiger partial charge in [-0.3, -0.25) is 0 Å². The maximum Gasteiger partial charge on any atom is 0.141 e. The normalized spacial score (nSPS) is 15.5. The second kappa shape index (κ2) is 7.32. The van der Waals surface area contributed by atoms with Gasteiger partial charge in [-0.25, -0.2) is 0 Å². The van der Waals surface area contributed by atoms with E-state index in [9.17, 15) is 0 Å². The number of ether oxygens (including phenoxy) is 2. The van der Waals surface area contributed by atoms with Crippen molar-refractivity contribution in [3.63, 3.8) is 0 Å². The second-order valence-corrected chi connectivity index (χ2v) is 5.69. The minimum Gasteiger partial charge on any atom is -0.495 e. The molecular formula is C19H23NO2. The fourth-order valence-electron chi connectivity index (χ4n) is 2.94. The molecule has 1 aliphatic heterocycles. The lowest BCUT2D eigenvalue weighted by atomic mass is 9.91. The smallest absolute Gasteiger partial charge is 0.141 e. The van der Waals surface area contributed by atoms with Crippen LogP contribution in [0.5, 0.6) is 5.75 Å². The summed E-state index contributed by atoms with van der Waals surface area (Å²) < 4.78 is 11.0. The molecule has 116 valence electrons. The maximum absolute atomic E-state index is 5.49. The van der Waals surface area contributed by atoms with E-state index in [-0.39, 0.29) is 0 Å². The first-order chi connectivity index (χ1) is 10.9. The fraction of sp³-hybridized carbons (Fsp3) is 0.368. The largest absolute Gasteiger partial charge is 0.495 e. The van der Waals surface area contributed by atoms with E-state index in [0.29, 0.717) is 5.92 Å². The summed E-state index contributed by atoms with van der Waals surface area (Å²) >= 11 is 0. The van der Waals surface area contributed by atoms with Crippen LogP contribution in [0.4, 0.5) is 5.69 Å². The molecule has 0 amide bonds. The zero-order valence-electron chi connectivity index (χ0n) is 13.0. The minimum atomic E-state index is 0.594. The molecule has 1 fully saturated rings. The average molecular weight is 297 g/mol. The van der Waals surface area contributed by atoms with Gasteiger partial charge in [-0.1, -0.05) is 36.4 Å². The third-order valence-electron chi connectivity index (χ3n) is 4.24. The molecule has 0 atom stereocenters. The molecule has 3 rings (SSSR count). The van der Waals surface area contributed by atoms with Gasteiger partial charge in [-0.05, 0) is 42.0 Å². The Bertz CT molecular complexity index is 592. The SMILES string of the molecule is COc1ccc(C2CCOCC2)cc1NCc1ccccc1. The first-order valence-corrected chi connectivity index (χ1v) is 7.90. The minimum absolute atomic E-state index is 0.594. The molecular weight excluding hydrogens is 274 g/mol. The van der Waals surface area contributed by atoms with Crippen LogP contribution in [0.1, 0.15) is 29.9 Å². The van der Waals surface area contributed by atoms with Gasteiger partial charge in [0.05, 0.1) is 12.8 Å². The topological polar surface area (TPSA) is 30.5 Å². The number of hydrogen-bond acceptors (Lipinski definition) is 3. The summed E-state index contributed by atoms with van der Waals surface area (Å²) in [5.74, 6) is 1.49. The van der Waals surface area contributed by atoms with Gasteiger partial charge in [0.25, 0.3) is 0 Å². The van der Waals surface area contributed by atoms with Crippen LogP contribution in [0.2, 0.25) is 0 Å². The summed E-state index contributed by atoms with van der Waals surface area (Å²) in [6, 6.07) is 16.9. The zero-order chi connectivity index (χ0) is 15.2. The molecule has 0 spiro atoms. The number of hydrogen-bond donors (Lipinski definition) is 1. The monoisotopic (exact) mass is 297 g/mol. The molecule has 1 saturated heterocycles. The lowest BCUT2D eigenvalue weighted by Crippen LogP contribution is -2.14. The van der Waals surface area contributed by atoms with Crippen LogP contribution >= 0.6 is 0 Å². The molecule has 1 N–H and O–H groups in total. The van der Waals surface area contributed by atoms with E-state index in [2.05, 4.69) is 47.8 Å². The molecule has 1 heterocycles. The highest BCUT2D eigenvalue weighted by atomic mass is 16.5. The molecule has 3 nitrogen and oxygen atoms in total. The van der Waals surface area contributed by atoms with Crippen molar-refractivity contribution in [1.29, 1.82) is 0 Å². The Morgan fingerprint density at radius 3 is 2.59 bits per heavy atom. The van der Waals surface area contributed by atoms with Crippen molar-refractivity contribution < 1.29 is 9.47 Å². The summed E-state index contributed by atoms with van der Waals surface area (Å²) in [5, 5.41) is 3.50. The average Bonchev–Trinajstić information content (AvgIpc) is 2.61. The molecule has 0 saturated carbocycles. The Labute approximate surface area is 132 Å². The van der Waals surface area contributed by atoms with Gasteiger partial charge in [-0.2, -0.15) is 0 Å². The van der Waals surface area contributed by atoms with E-state index in [0.717, 1.165) is 44.0 Å². The van der Waals surface area contributed by atoms with Crippen LogP contribution in [0.25, 0.3) is 0 Å². The van der Waals surface area contributed by atoms with E-state index in [1.807, 2.05) is 6.07 Å². The Balaban J connectivity index is 1.75. The van der Waals surface area contributed by atoms with E-state index < -0.39 is 0 Å². The van der Waals surface area contributed by atoms with Crippen LogP contribution in [0.15, 0.2) is 48.5 Å². The molecule has 0 aromatic heterocycles. The second-order valence-electron chi connectivity index (χ2n) is 5.69. The van der Waals surface area contributed by atoms with Crippen LogP contribution in [-0.2, 0) is 11.3 Å². The number of benzene rings is 2. The van der Waals surface area contributed by atoms with Crippen molar-refractivity contribution in [2.75, 3.05) is 25.6 Å². The summed E-state index contributed by atoms with van der Waals surface area (Å²) in [7, 11) is 1.72. The number of nitrogens with one attached hydrogen (secondary N) is 1. The van der Waals surface area contributed by atoms with Gasteiger partial charge in [-0.15, -0.1) is 0 Å². The van der Waals surface area contributed by atoms with Crippen molar-refractivity contribution in [2.45, 2.75) is 25.3 Å². The zero-order valence-corrected chi connectivity index (χ0v) is 13.0. The molecule has 1 aliphatic rings. The maximum atomic E-state index is 5.49. The highest BCUT2D eigenvalue weighted by Gasteiger charge is 2.17. The van der Waals surface area contributed by atoms with Crippen molar-refractivity contribution in [3.8, 4) is 5.75 Å². The molecule has 0 aliphatic carbocycles. The number of anilines is 1. The molecule has 2 aromatic rings. The third kappa shape index (κ3) is 3.60. The van der Waals surface area contributed by atoms with E-state index >= 15 is 0 Å². The predicted octanol–water partition coefficient (Wildman–Crippen LogP) is 4.20. The quantitative estimate of drug-likeness (QED) is 0.897. The highest BCUT2D eigenvalue weighted by molar-refractivity contribution is 5.58.